The molecular formula is C29H36N2. The molecule has 0 aromatic heterocycles. The molecule has 2 rings (SSSR count). The lowest BCUT2D eigenvalue weighted by Gasteiger charge is -2.26. The molecule has 1 N–H and O–H groups in total. The van der Waals surface area contributed by atoms with Gasteiger partial charge < -0.3 is 10.2 Å². The van der Waals surface area contributed by atoms with E-state index in [1.54, 1.807) is 0 Å². The average Bonchev–Trinajstić information content (AvgIpc) is 2.74. The van der Waals surface area contributed by atoms with Gasteiger partial charge in [-0.2, -0.15) is 0 Å². The van der Waals surface area contributed by atoms with Gasteiger partial charge in [-0.1, -0.05) is 62.6 Å². The van der Waals surface area contributed by atoms with Gasteiger partial charge in [-0.15, -0.1) is 0 Å². The first kappa shape index (κ1) is 24.0. The number of likely N-dealkylation sites (N-methyl/N-ethyl adjacent to an activating group) is 1. The summed E-state index contributed by atoms with van der Waals surface area (Å²) in [6, 6.07) is 14.7. The third-order valence-electron chi connectivity index (χ3n) is 5.43. The third kappa shape index (κ3) is 6.11. The minimum Gasteiger partial charge on any atom is -0.356 e. The molecule has 162 valence electrons. The van der Waals surface area contributed by atoms with E-state index in [2.05, 4.69) is 101 Å². The summed E-state index contributed by atoms with van der Waals surface area (Å²) in [5.41, 5.74) is 10.3. The van der Waals surface area contributed by atoms with Crippen molar-refractivity contribution in [1.29, 1.82) is 0 Å². The lowest BCUT2D eigenvalue weighted by Crippen LogP contribution is -2.18. The Labute approximate surface area is 189 Å². The Morgan fingerprint density at radius 3 is 2.45 bits per heavy atom. The fourth-order valence-corrected chi connectivity index (χ4v) is 3.85. The van der Waals surface area contributed by atoms with Crippen LogP contribution in [0.4, 0.5) is 11.4 Å². The first-order valence-corrected chi connectivity index (χ1v) is 10.9. The van der Waals surface area contributed by atoms with Crippen molar-refractivity contribution in [3.8, 4) is 0 Å². The van der Waals surface area contributed by atoms with E-state index in [0.717, 1.165) is 23.4 Å². The Bertz CT molecular complexity index is 1030. The minimum absolute atomic E-state index is 0.849. The Morgan fingerprint density at radius 1 is 1.13 bits per heavy atom. The van der Waals surface area contributed by atoms with Crippen molar-refractivity contribution in [3.05, 3.63) is 108 Å². The van der Waals surface area contributed by atoms with Crippen LogP contribution in [-0.2, 0) is 0 Å². The Kier molecular flexibility index (Phi) is 8.69. The molecule has 0 aliphatic rings. The van der Waals surface area contributed by atoms with E-state index in [4.69, 9.17) is 0 Å². The van der Waals surface area contributed by atoms with Gasteiger partial charge in [0.15, 0.2) is 0 Å². The molecule has 0 saturated carbocycles. The summed E-state index contributed by atoms with van der Waals surface area (Å²) in [5, 5.41) is 3.39. The number of hydrogen-bond donors (Lipinski definition) is 1. The predicted octanol–water partition coefficient (Wildman–Crippen LogP) is 8.36. The number of nitrogens with zero attached hydrogens (tertiary/aromatic N) is 1. The molecular weight excluding hydrogens is 376 g/mol. The standard InChI is InChI=1S/C29H36N2/c1-9-14-21(4)28(11-3)31(8)29-18-17-26(20-23(29)6)22(5)19-24(7)30-27-16-13-12-15-25(27)10-2/h10-20,30H,2,7,9H2,1,3-6,8H3/b21-14-,22-19+,28-11+. The van der Waals surface area contributed by atoms with Crippen LogP contribution in [0.5, 0.6) is 0 Å². The Balaban J connectivity index is 2.24. The maximum absolute atomic E-state index is 4.19. The van der Waals surface area contributed by atoms with Gasteiger partial charge in [-0.05, 0) is 86.2 Å². The first-order chi connectivity index (χ1) is 14.8. The van der Waals surface area contributed by atoms with Crippen molar-refractivity contribution < 1.29 is 0 Å². The predicted molar refractivity (Wildman–Crippen MR) is 140 cm³/mol. The largest absolute Gasteiger partial charge is 0.356 e. The number of aryl methyl sites for hydroxylation is 1. The number of para-hydroxylation sites is 1. The third-order valence-corrected chi connectivity index (χ3v) is 5.43. The maximum atomic E-state index is 4.19. The number of anilines is 2. The van der Waals surface area contributed by atoms with Crippen LogP contribution >= 0.6 is 0 Å². The molecule has 31 heavy (non-hydrogen) atoms. The van der Waals surface area contributed by atoms with Crippen LogP contribution < -0.4 is 10.2 Å². The van der Waals surface area contributed by atoms with Crippen LogP contribution in [0.25, 0.3) is 11.6 Å². The molecule has 2 aromatic rings. The summed E-state index contributed by atoms with van der Waals surface area (Å²) in [7, 11) is 2.13. The van der Waals surface area contributed by atoms with Gasteiger partial charge in [-0.25, -0.2) is 0 Å². The molecule has 0 spiro atoms. The van der Waals surface area contributed by atoms with Crippen molar-refractivity contribution >= 4 is 23.0 Å². The second-order valence-corrected chi connectivity index (χ2v) is 7.80. The highest BCUT2D eigenvalue weighted by molar-refractivity contribution is 5.73. The van der Waals surface area contributed by atoms with E-state index in [1.807, 2.05) is 30.3 Å². The van der Waals surface area contributed by atoms with Crippen LogP contribution in [0, 0.1) is 6.92 Å². The molecule has 2 heteroatoms. The lowest BCUT2D eigenvalue weighted by molar-refractivity contribution is 1.06. The fourth-order valence-electron chi connectivity index (χ4n) is 3.85. The molecule has 2 nitrogen and oxygen atoms in total. The smallest absolute Gasteiger partial charge is 0.0457 e. The lowest BCUT2D eigenvalue weighted by atomic mass is 10.0. The zero-order valence-electron chi connectivity index (χ0n) is 19.9. The number of rotatable bonds is 9. The zero-order chi connectivity index (χ0) is 23.0. The Hall–Kier alpha value is -3.26. The van der Waals surface area contributed by atoms with Gasteiger partial charge in [-0.3, -0.25) is 0 Å². The summed E-state index contributed by atoms with van der Waals surface area (Å²) >= 11 is 0. The molecule has 0 aliphatic heterocycles. The van der Waals surface area contributed by atoms with Gasteiger partial charge in [0.1, 0.15) is 0 Å². The molecule has 0 unspecified atom stereocenters. The van der Waals surface area contributed by atoms with Gasteiger partial charge >= 0.3 is 0 Å². The maximum Gasteiger partial charge on any atom is 0.0457 e. The Morgan fingerprint density at radius 2 is 1.84 bits per heavy atom. The van der Waals surface area contributed by atoms with Gasteiger partial charge in [0.2, 0.25) is 0 Å². The summed E-state index contributed by atoms with van der Waals surface area (Å²) in [4.78, 5) is 2.27. The molecule has 0 heterocycles. The van der Waals surface area contributed by atoms with Crippen LogP contribution in [-0.4, -0.2) is 7.05 Å². The van der Waals surface area contributed by atoms with E-state index < -0.39 is 0 Å². The summed E-state index contributed by atoms with van der Waals surface area (Å²) in [6.07, 6.45) is 9.42. The SMILES string of the molecule is C=Cc1ccccc1NC(=C)/C=C(\C)c1ccc(N(C)C(=C/C)/C(C)=C\CC)c(C)c1. The molecule has 0 fully saturated rings. The van der Waals surface area contributed by atoms with Crippen molar-refractivity contribution in [1.82, 2.24) is 0 Å². The number of hydrogen-bond acceptors (Lipinski definition) is 2. The van der Waals surface area contributed by atoms with Crippen LogP contribution in [0.2, 0.25) is 0 Å². The van der Waals surface area contributed by atoms with Crippen molar-refractivity contribution in [2.24, 2.45) is 0 Å². The van der Waals surface area contributed by atoms with E-state index in [9.17, 15) is 0 Å². The molecule has 0 bridgehead atoms. The number of allylic oxidation sites excluding steroid dienone is 5. The highest BCUT2D eigenvalue weighted by Gasteiger charge is 2.11. The summed E-state index contributed by atoms with van der Waals surface area (Å²) in [5.74, 6) is 0. The summed E-state index contributed by atoms with van der Waals surface area (Å²) < 4.78 is 0. The van der Waals surface area contributed by atoms with Crippen molar-refractivity contribution in [2.75, 3.05) is 17.3 Å². The second kappa shape index (κ2) is 11.2. The zero-order valence-corrected chi connectivity index (χ0v) is 19.9. The van der Waals surface area contributed by atoms with Crippen molar-refractivity contribution in [3.63, 3.8) is 0 Å². The first-order valence-electron chi connectivity index (χ1n) is 10.9. The summed E-state index contributed by atoms with van der Waals surface area (Å²) in [6.45, 7) is 18.8. The van der Waals surface area contributed by atoms with E-state index >= 15 is 0 Å². The van der Waals surface area contributed by atoms with Gasteiger partial charge in [0.05, 0.1) is 0 Å². The van der Waals surface area contributed by atoms with E-state index in [-0.39, 0.29) is 0 Å². The molecule has 0 radical (unpaired) electrons. The highest BCUT2D eigenvalue weighted by Crippen LogP contribution is 2.29. The topological polar surface area (TPSA) is 15.3 Å². The van der Waals surface area contributed by atoms with Crippen LogP contribution in [0.3, 0.4) is 0 Å². The quantitative estimate of drug-likeness (QED) is 0.416. The second-order valence-electron chi connectivity index (χ2n) is 7.80. The fraction of sp³-hybridized carbons (Fsp3) is 0.241. The molecule has 0 aliphatic carbocycles. The minimum atomic E-state index is 0.849. The number of benzene rings is 2. The molecule has 0 saturated heterocycles. The normalized spacial score (nSPS) is 12.5. The van der Waals surface area contributed by atoms with Gasteiger partial charge in [0, 0.05) is 29.8 Å². The number of nitrogens with one attached hydrogen (secondary N) is 1. The van der Waals surface area contributed by atoms with Crippen LogP contribution in [0.15, 0.2) is 90.8 Å². The van der Waals surface area contributed by atoms with E-state index in [1.165, 1.54) is 33.7 Å². The van der Waals surface area contributed by atoms with Crippen molar-refractivity contribution in [2.45, 2.75) is 41.0 Å². The molecule has 0 amide bonds. The van der Waals surface area contributed by atoms with Crippen LogP contribution in [0.1, 0.15) is 50.8 Å². The van der Waals surface area contributed by atoms with Gasteiger partial charge in [0.25, 0.3) is 0 Å². The molecule has 2 aromatic carbocycles. The molecule has 0 atom stereocenters. The average molecular weight is 413 g/mol. The van der Waals surface area contributed by atoms with E-state index in [0.29, 0.717) is 0 Å². The monoisotopic (exact) mass is 412 g/mol. The highest BCUT2D eigenvalue weighted by atomic mass is 15.1.